The molecular weight excluding hydrogens is 381 g/mol. The van der Waals surface area contributed by atoms with Gasteiger partial charge in [-0.2, -0.15) is 5.10 Å². The van der Waals surface area contributed by atoms with Crippen molar-refractivity contribution in [1.29, 1.82) is 0 Å². The van der Waals surface area contributed by atoms with E-state index >= 15 is 0 Å². The lowest BCUT2D eigenvalue weighted by Crippen LogP contribution is -2.05. The maximum absolute atomic E-state index is 14.4. The Morgan fingerprint density at radius 2 is 1.96 bits per heavy atom. The molecule has 0 radical (unpaired) electrons. The zero-order valence-corrected chi connectivity index (χ0v) is 16.2. The third-order valence-electron chi connectivity index (χ3n) is 4.29. The molecule has 0 unspecified atom stereocenters. The van der Waals surface area contributed by atoms with E-state index in [-0.39, 0.29) is 12.4 Å². The van der Waals surface area contributed by atoms with E-state index in [0.29, 0.717) is 34.7 Å². The predicted octanol–water partition coefficient (Wildman–Crippen LogP) is 4.77. The second kappa shape index (κ2) is 8.04. The SMILES string of the molecule is COCCOc1cc2[nH]nc(-c3cc(-c4ccc(SC)cc4)no3)c2cc1F. The number of fused-ring (bicyclic) bond motifs is 1. The summed E-state index contributed by atoms with van der Waals surface area (Å²) in [6.07, 6.45) is 2.03. The molecule has 0 fully saturated rings. The molecule has 4 rings (SSSR count). The highest BCUT2D eigenvalue weighted by Crippen LogP contribution is 2.33. The van der Waals surface area contributed by atoms with Gasteiger partial charge in [0.1, 0.15) is 18.0 Å². The Hall–Kier alpha value is -2.84. The zero-order valence-electron chi connectivity index (χ0n) is 15.4. The molecule has 0 bridgehead atoms. The zero-order chi connectivity index (χ0) is 19.5. The van der Waals surface area contributed by atoms with Crippen molar-refractivity contribution in [1.82, 2.24) is 15.4 Å². The van der Waals surface area contributed by atoms with Gasteiger partial charge in [0.25, 0.3) is 0 Å². The minimum atomic E-state index is -0.473. The van der Waals surface area contributed by atoms with Crippen molar-refractivity contribution in [3.8, 4) is 28.5 Å². The molecule has 0 aliphatic heterocycles. The highest BCUT2D eigenvalue weighted by atomic mass is 32.2. The van der Waals surface area contributed by atoms with E-state index in [1.165, 1.54) is 11.0 Å². The van der Waals surface area contributed by atoms with E-state index in [0.717, 1.165) is 5.56 Å². The van der Waals surface area contributed by atoms with Crippen molar-refractivity contribution < 1.29 is 18.4 Å². The van der Waals surface area contributed by atoms with E-state index in [4.69, 9.17) is 14.0 Å². The average Bonchev–Trinajstić information content (AvgIpc) is 3.35. The van der Waals surface area contributed by atoms with Crippen LogP contribution in [0.3, 0.4) is 0 Å². The van der Waals surface area contributed by atoms with Crippen LogP contribution in [0.25, 0.3) is 33.6 Å². The Kier molecular flexibility index (Phi) is 5.31. The second-order valence-electron chi connectivity index (χ2n) is 6.05. The molecule has 2 aromatic carbocycles. The van der Waals surface area contributed by atoms with Crippen molar-refractivity contribution >= 4 is 22.7 Å². The fourth-order valence-corrected chi connectivity index (χ4v) is 3.24. The van der Waals surface area contributed by atoms with Crippen LogP contribution in [-0.4, -0.2) is 41.9 Å². The first kappa shape index (κ1) is 18.5. The van der Waals surface area contributed by atoms with Crippen LogP contribution in [0.4, 0.5) is 4.39 Å². The summed E-state index contributed by atoms with van der Waals surface area (Å²) in [7, 11) is 1.56. The molecule has 144 valence electrons. The van der Waals surface area contributed by atoms with Gasteiger partial charge in [0.2, 0.25) is 0 Å². The van der Waals surface area contributed by atoms with Crippen LogP contribution in [0, 0.1) is 5.82 Å². The van der Waals surface area contributed by atoms with Crippen molar-refractivity contribution in [2.24, 2.45) is 0 Å². The number of H-pyrrole nitrogens is 1. The molecule has 28 heavy (non-hydrogen) atoms. The van der Waals surface area contributed by atoms with Gasteiger partial charge in [0.15, 0.2) is 17.3 Å². The highest BCUT2D eigenvalue weighted by Gasteiger charge is 2.17. The summed E-state index contributed by atoms with van der Waals surface area (Å²) in [6.45, 7) is 0.644. The molecule has 0 spiro atoms. The molecule has 0 aliphatic carbocycles. The smallest absolute Gasteiger partial charge is 0.188 e. The number of halogens is 1. The molecule has 2 heterocycles. The van der Waals surface area contributed by atoms with Crippen molar-refractivity contribution in [3.63, 3.8) is 0 Å². The first-order chi connectivity index (χ1) is 13.7. The van der Waals surface area contributed by atoms with Crippen molar-refractivity contribution in [2.45, 2.75) is 4.90 Å². The lowest BCUT2D eigenvalue weighted by molar-refractivity contribution is 0.144. The number of hydrogen-bond donors (Lipinski definition) is 1. The minimum Gasteiger partial charge on any atom is -0.488 e. The molecular formula is C20H18FN3O3S. The van der Waals surface area contributed by atoms with Gasteiger partial charge >= 0.3 is 0 Å². The van der Waals surface area contributed by atoms with Gasteiger partial charge < -0.3 is 14.0 Å². The van der Waals surface area contributed by atoms with E-state index < -0.39 is 5.82 Å². The third-order valence-corrected chi connectivity index (χ3v) is 5.03. The summed E-state index contributed by atoms with van der Waals surface area (Å²) in [6, 6.07) is 12.8. The van der Waals surface area contributed by atoms with Gasteiger partial charge in [-0.3, -0.25) is 5.10 Å². The third kappa shape index (κ3) is 3.61. The van der Waals surface area contributed by atoms with Crippen LogP contribution in [0.5, 0.6) is 5.75 Å². The first-order valence-electron chi connectivity index (χ1n) is 8.60. The van der Waals surface area contributed by atoms with Crippen molar-refractivity contribution in [3.05, 3.63) is 48.3 Å². The molecule has 6 nitrogen and oxygen atoms in total. The molecule has 0 saturated carbocycles. The van der Waals surface area contributed by atoms with Gasteiger partial charge in [-0.25, -0.2) is 4.39 Å². The number of rotatable bonds is 7. The van der Waals surface area contributed by atoms with E-state index in [1.54, 1.807) is 31.0 Å². The van der Waals surface area contributed by atoms with Gasteiger partial charge in [0.05, 0.1) is 12.1 Å². The highest BCUT2D eigenvalue weighted by molar-refractivity contribution is 7.98. The number of thioether (sulfide) groups is 1. The minimum absolute atomic E-state index is 0.145. The number of nitrogens with zero attached hydrogens (tertiary/aromatic N) is 2. The summed E-state index contributed by atoms with van der Waals surface area (Å²) in [5.41, 5.74) is 2.77. The lowest BCUT2D eigenvalue weighted by Gasteiger charge is -2.06. The Labute approximate surface area is 165 Å². The lowest BCUT2D eigenvalue weighted by atomic mass is 10.1. The van der Waals surface area contributed by atoms with E-state index in [2.05, 4.69) is 15.4 Å². The number of nitrogens with one attached hydrogen (secondary N) is 1. The molecule has 0 aliphatic rings. The van der Waals surface area contributed by atoms with Gasteiger partial charge in [0, 0.05) is 35.1 Å². The number of ether oxygens (including phenoxy) is 2. The second-order valence-corrected chi connectivity index (χ2v) is 6.93. The summed E-state index contributed by atoms with van der Waals surface area (Å²) in [4.78, 5) is 1.17. The average molecular weight is 399 g/mol. The fraction of sp³-hybridized carbons (Fsp3) is 0.200. The molecule has 0 amide bonds. The maximum Gasteiger partial charge on any atom is 0.188 e. The Bertz CT molecular complexity index is 1090. The Morgan fingerprint density at radius 3 is 2.71 bits per heavy atom. The number of benzene rings is 2. The molecule has 1 N–H and O–H groups in total. The largest absolute Gasteiger partial charge is 0.488 e. The summed E-state index contributed by atoms with van der Waals surface area (Å²) < 4.78 is 30.2. The number of aromatic nitrogens is 3. The van der Waals surface area contributed by atoms with Gasteiger partial charge in [-0.15, -0.1) is 11.8 Å². The van der Waals surface area contributed by atoms with Crippen LogP contribution in [0.2, 0.25) is 0 Å². The predicted molar refractivity (Wildman–Crippen MR) is 106 cm³/mol. The van der Waals surface area contributed by atoms with Crippen LogP contribution in [0.1, 0.15) is 0 Å². The summed E-state index contributed by atoms with van der Waals surface area (Å²) in [5.74, 6) is 0.133. The van der Waals surface area contributed by atoms with Gasteiger partial charge in [-0.1, -0.05) is 17.3 Å². The molecule has 0 saturated heterocycles. The van der Waals surface area contributed by atoms with Gasteiger partial charge in [-0.05, 0) is 24.5 Å². The maximum atomic E-state index is 14.4. The number of hydrogen-bond acceptors (Lipinski definition) is 6. The topological polar surface area (TPSA) is 73.2 Å². The van der Waals surface area contributed by atoms with E-state index in [1.807, 2.05) is 30.5 Å². The number of aromatic amines is 1. The molecule has 8 heteroatoms. The van der Waals surface area contributed by atoms with E-state index in [9.17, 15) is 4.39 Å². The summed E-state index contributed by atoms with van der Waals surface area (Å²) >= 11 is 1.68. The van der Waals surface area contributed by atoms with Crippen LogP contribution < -0.4 is 4.74 Å². The van der Waals surface area contributed by atoms with Crippen LogP contribution in [-0.2, 0) is 4.74 Å². The standard InChI is InChI=1S/C20H18FN3O3S/c1-25-7-8-26-18-11-17-14(9-15(18)21)20(23-22-17)19-10-16(24-27-19)12-3-5-13(28-2)6-4-12/h3-6,9-11H,7-8H2,1-2H3,(H,22,23). The fourth-order valence-electron chi connectivity index (χ4n) is 2.84. The monoisotopic (exact) mass is 399 g/mol. The normalized spacial score (nSPS) is 11.2. The molecule has 2 aromatic heterocycles. The molecule has 0 atom stereocenters. The summed E-state index contributed by atoms with van der Waals surface area (Å²) in [5, 5.41) is 11.9. The number of methoxy groups -OCH3 is 1. The molecule has 4 aromatic rings. The van der Waals surface area contributed by atoms with Crippen molar-refractivity contribution in [2.75, 3.05) is 26.6 Å². The Balaban J connectivity index is 1.64. The van der Waals surface area contributed by atoms with Crippen LogP contribution in [0.15, 0.2) is 51.9 Å². The Morgan fingerprint density at radius 1 is 1.14 bits per heavy atom. The first-order valence-corrected chi connectivity index (χ1v) is 9.83. The van der Waals surface area contributed by atoms with Crippen LogP contribution >= 0.6 is 11.8 Å². The quantitative estimate of drug-likeness (QED) is 0.356.